The van der Waals surface area contributed by atoms with Crippen LogP contribution in [-0.2, 0) is 32.3 Å². The number of aliphatic hydroxyl groups excluding tert-OH is 1. The van der Waals surface area contributed by atoms with Crippen molar-refractivity contribution in [3.8, 4) is 0 Å². The summed E-state index contributed by atoms with van der Waals surface area (Å²) in [6, 6.07) is 11.4. The van der Waals surface area contributed by atoms with Crippen molar-refractivity contribution in [3.63, 3.8) is 0 Å². The summed E-state index contributed by atoms with van der Waals surface area (Å²) in [5.74, 6) is -1.25. The van der Waals surface area contributed by atoms with Crippen LogP contribution in [0.3, 0.4) is 0 Å². The third kappa shape index (κ3) is 7.78. The molecule has 278 valence electrons. The van der Waals surface area contributed by atoms with Crippen LogP contribution in [-0.4, -0.2) is 104 Å². The number of β-lactam (4-membered cyclic amide) rings is 1. The largest absolute Gasteiger partial charge is 0.456 e. The monoisotopic (exact) mass is 738 g/mol. The minimum atomic E-state index is -0.854. The van der Waals surface area contributed by atoms with Crippen LogP contribution in [0.25, 0.3) is 0 Å². The number of piperidine rings is 1. The molecule has 0 aromatic heterocycles. The molecule has 4 aliphatic heterocycles. The second-order valence-electron chi connectivity index (χ2n) is 14.6. The highest BCUT2D eigenvalue weighted by atomic mass is 32.2. The molecule has 16 heteroatoms. The Hall–Kier alpha value is -4.54. The summed E-state index contributed by atoms with van der Waals surface area (Å²) >= 11 is 1.63. The number of amides is 2. The summed E-state index contributed by atoms with van der Waals surface area (Å²) in [6.07, 6.45) is 1.38. The third-order valence-corrected chi connectivity index (χ3v) is 12.4. The molecule has 0 spiro atoms. The van der Waals surface area contributed by atoms with E-state index in [0.717, 1.165) is 48.3 Å². The number of fused-ring (bicyclic) bond motifs is 1. The quantitative estimate of drug-likeness (QED) is 0.106. The summed E-state index contributed by atoms with van der Waals surface area (Å²) in [5, 5.41) is 32.5. The lowest BCUT2D eigenvalue weighted by Crippen LogP contribution is -2.63. The number of non-ortho nitro benzene ring substituents is 2. The molecule has 2 amide bonds. The number of carbonyl (C=O) groups is 3. The van der Waals surface area contributed by atoms with Crippen LogP contribution < -0.4 is 0 Å². The Balaban J connectivity index is 1.04. The van der Waals surface area contributed by atoms with Crippen LogP contribution in [0, 0.1) is 38.0 Å². The van der Waals surface area contributed by atoms with Gasteiger partial charge in [0.25, 0.3) is 11.4 Å². The zero-order valence-corrected chi connectivity index (χ0v) is 30.2. The Labute approximate surface area is 305 Å². The van der Waals surface area contributed by atoms with Gasteiger partial charge < -0.3 is 28.9 Å². The van der Waals surface area contributed by atoms with Gasteiger partial charge in [-0.15, -0.1) is 11.8 Å². The van der Waals surface area contributed by atoms with E-state index in [1.54, 1.807) is 35.7 Å². The number of likely N-dealkylation sites (tertiary alicyclic amines) is 2. The molecule has 0 radical (unpaired) electrons. The Bertz CT molecular complexity index is 1740. The van der Waals surface area contributed by atoms with Crippen LogP contribution in [0.15, 0.2) is 59.1 Å². The Morgan fingerprint density at radius 2 is 1.52 bits per heavy atom. The van der Waals surface area contributed by atoms with Gasteiger partial charge in [0.05, 0.1) is 59.8 Å². The number of aliphatic hydroxyl groups is 1. The van der Waals surface area contributed by atoms with E-state index in [1.807, 2.05) is 6.92 Å². The van der Waals surface area contributed by atoms with Gasteiger partial charge in [-0.05, 0) is 55.2 Å². The van der Waals surface area contributed by atoms with Gasteiger partial charge in [0.15, 0.2) is 0 Å². The predicted octanol–water partition coefficient (Wildman–Crippen LogP) is 4.62. The first-order chi connectivity index (χ1) is 24.7. The smallest absolute Gasteiger partial charge is 0.410 e. The molecule has 6 atom stereocenters. The number of nitrogens with zero attached hydrogens (tertiary/aromatic N) is 5. The van der Waals surface area contributed by atoms with Crippen molar-refractivity contribution >= 4 is 41.1 Å². The van der Waals surface area contributed by atoms with E-state index in [4.69, 9.17) is 9.47 Å². The van der Waals surface area contributed by atoms with Gasteiger partial charge in [0.1, 0.15) is 18.9 Å². The standard InChI is InChI=1S/C36H44N5O10S/c1-22-31-30(23(2)42)34(43)38(31)32(35(44)50-20-25-4-8-27(9-5-25)39(46)47)33(22)52-29-14-17-41(3,19-29)18-24-12-15-37(16-13-24)36(45)51-21-26-6-10-28(11-7-26)40(48)49/h4-11,22-24,29-31,42H,12-21H2,1-3H3/q+1/t22-,23-,29-,30-,31-,41?/m1/s1. The number of ether oxygens (including phenoxy) is 2. The Morgan fingerprint density at radius 3 is 2.06 bits per heavy atom. The van der Waals surface area contributed by atoms with Crippen LogP contribution >= 0.6 is 11.8 Å². The van der Waals surface area contributed by atoms with Gasteiger partial charge >= 0.3 is 12.1 Å². The molecule has 4 heterocycles. The van der Waals surface area contributed by atoms with Gasteiger partial charge in [-0.2, -0.15) is 0 Å². The SMILES string of the molecule is C[C@@H](O)[C@H]1C(=O)N2C(C(=O)OCc3ccc([N+](=O)[O-])cc3)=C(S[C@@H]3CC[N+](C)(CC4CCN(C(=O)OCc5ccc([N+](=O)[O-])cc5)CC4)C3)[C@H](C)[C@H]12. The van der Waals surface area contributed by atoms with Crippen molar-refractivity contribution < 1.29 is 43.3 Å². The Kier molecular flexibility index (Phi) is 10.9. The second-order valence-corrected chi connectivity index (χ2v) is 16.0. The summed E-state index contributed by atoms with van der Waals surface area (Å²) in [5.41, 5.74) is 1.42. The molecule has 0 bridgehead atoms. The highest BCUT2D eigenvalue weighted by Gasteiger charge is 2.60. The van der Waals surface area contributed by atoms with Gasteiger partial charge in [-0.25, -0.2) is 9.59 Å². The van der Waals surface area contributed by atoms with Crippen molar-refractivity contribution in [2.45, 2.75) is 63.7 Å². The van der Waals surface area contributed by atoms with E-state index in [9.17, 15) is 39.7 Å². The van der Waals surface area contributed by atoms with E-state index >= 15 is 0 Å². The van der Waals surface area contributed by atoms with Gasteiger partial charge in [-0.1, -0.05) is 6.92 Å². The number of thioether (sulfide) groups is 1. The number of esters is 1. The van der Waals surface area contributed by atoms with E-state index in [2.05, 4.69) is 7.05 Å². The molecule has 1 N–H and O–H groups in total. The second kappa shape index (κ2) is 15.2. The van der Waals surface area contributed by atoms with E-state index < -0.39 is 33.9 Å². The maximum absolute atomic E-state index is 13.6. The summed E-state index contributed by atoms with van der Waals surface area (Å²) in [7, 11) is 2.25. The van der Waals surface area contributed by atoms with Crippen molar-refractivity contribution in [3.05, 3.63) is 90.5 Å². The van der Waals surface area contributed by atoms with Gasteiger partial charge in [0.2, 0.25) is 5.91 Å². The number of hydrogen-bond acceptors (Lipinski definition) is 11. The van der Waals surface area contributed by atoms with Crippen LogP contribution in [0.4, 0.5) is 16.2 Å². The summed E-state index contributed by atoms with van der Waals surface area (Å²) < 4.78 is 12.0. The fraction of sp³-hybridized carbons (Fsp3) is 0.528. The van der Waals surface area contributed by atoms with E-state index in [1.165, 1.54) is 41.3 Å². The number of rotatable bonds is 12. The van der Waals surface area contributed by atoms with Gasteiger partial charge in [0, 0.05) is 60.5 Å². The molecule has 2 aromatic rings. The third-order valence-electron chi connectivity index (χ3n) is 10.8. The molecular formula is C36H44N5O10S+. The molecule has 6 rings (SSSR count). The molecule has 3 saturated heterocycles. The van der Waals surface area contributed by atoms with Crippen molar-refractivity contribution in [2.75, 3.05) is 39.8 Å². The first-order valence-corrected chi connectivity index (χ1v) is 18.4. The van der Waals surface area contributed by atoms with E-state index in [-0.39, 0.29) is 53.4 Å². The topological polar surface area (TPSA) is 183 Å². The van der Waals surface area contributed by atoms with Crippen LogP contribution in [0.5, 0.6) is 0 Å². The highest BCUT2D eigenvalue weighted by Crippen LogP contribution is 2.52. The lowest BCUT2D eigenvalue weighted by Gasteiger charge is -2.46. The lowest BCUT2D eigenvalue weighted by molar-refractivity contribution is -0.900. The zero-order valence-electron chi connectivity index (χ0n) is 29.4. The molecular weight excluding hydrogens is 694 g/mol. The highest BCUT2D eigenvalue weighted by molar-refractivity contribution is 8.03. The fourth-order valence-electron chi connectivity index (χ4n) is 8.04. The van der Waals surface area contributed by atoms with Crippen LogP contribution in [0.2, 0.25) is 0 Å². The Morgan fingerprint density at radius 1 is 0.962 bits per heavy atom. The molecule has 15 nitrogen and oxygen atoms in total. The summed E-state index contributed by atoms with van der Waals surface area (Å²) in [4.78, 5) is 64.5. The predicted molar refractivity (Wildman–Crippen MR) is 189 cm³/mol. The average Bonchev–Trinajstić information content (AvgIpc) is 3.60. The molecule has 0 saturated carbocycles. The summed E-state index contributed by atoms with van der Waals surface area (Å²) in [6.45, 7) is 7.51. The first kappa shape index (κ1) is 37.2. The minimum absolute atomic E-state index is 0.0166. The molecule has 3 fully saturated rings. The minimum Gasteiger partial charge on any atom is -0.456 e. The maximum Gasteiger partial charge on any atom is 0.410 e. The molecule has 52 heavy (non-hydrogen) atoms. The number of hydrogen-bond donors (Lipinski definition) is 1. The number of benzene rings is 2. The van der Waals surface area contributed by atoms with Crippen molar-refractivity contribution in [1.82, 2.24) is 9.80 Å². The fourth-order valence-corrected chi connectivity index (χ4v) is 9.71. The number of carbonyl (C=O) groups excluding carboxylic acids is 3. The van der Waals surface area contributed by atoms with Crippen molar-refractivity contribution in [2.24, 2.45) is 17.8 Å². The lowest BCUT2D eigenvalue weighted by atomic mass is 9.79. The maximum atomic E-state index is 13.6. The normalized spacial score (nSPS) is 26.5. The number of nitro groups is 2. The first-order valence-electron chi connectivity index (χ1n) is 17.6. The molecule has 2 aromatic carbocycles. The van der Waals surface area contributed by atoms with Gasteiger partial charge in [-0.3, -0.25) is 25.0 Å². The van der Waals surface area contributed by atoms with Crippen molar-refractivity contribution in [1.29, 1.82) is 0 Å². The number of nitro benzene ring substituents is 2. The van der Waals surface area contributed by atoms with Crippen LogP contribution in [0.1, 0.15) is 44.2 Å². The molecule has 1 unspecified atom stereocenters. The zero-order chi connectivity index (χ0) is 37.3. The molecule has 4 aliphatic rings. The van der Waals surface area contributed by atoms with E-state index in [0.29, 0.717) is 30.1 Å². The average molecular weight is 739 g/mol. The molecule has 0 aliphatic carbocycles. The number of quaternary nitrogens is 1.